The Morgan fingerprint density at radius 2 is 1.84 bits per heavy atom. The molecule has 2 rings (SSSR count). The number of alkyl halides is 1. The third-order valence-corrected chi connectivity index (χ3v) is 4.44. The monoisotopic (exact) mass is 325 g/mol. The molecule has 0 aliphatic carbocycles. The molecule has 0 unspecified atom stereocenters. The van der Waals surface area contributed by atoms with Crippen LogP contribution in [0.2, 0.25) is 0 Å². The number of hydrogen-bond acceptors (Lipinski definition) is 3. The van der Waals surface area contributed by atoms with Gasteiger partial charge in [-0.05, 0) is 38.8 Å². The van der Waals surface area contributed by atoms with E-state index in [1.807, 2.05) is 6.20 Å². The number of halogens is 1. The Kier molecular flexibility index (Phi) is 4.51. The molecule has 3 nitrogen and oxygen atoms in total. The van der Waals surface area contributed by atoms with Gasteiger partial charge in [-0.2, -0.15) is 0 Å². The number of anilines is 1. The van der Waals surface area contributed by atoms with Gasteiger partial charge in [-0.15, -0.1) is 0 Å². The quantitative estimate of drug-likeness (QED) is 0.778. The molecule has 0 atom stereocenters. The van der Waals surface area contributed by atoms with E-state index < -0.39 is 0 Å². The third-order valence-electron chi connectivity index (χ3n) is 3.79. The number of aromatic nitrogens is 1. The molecule has 0 spiro atoms. The zero-order chi connectivity index (χ0) is 14.0. The third kappa shape index (κ3) is 3.48. The molecule has 2 heterocycles. The molecule has 0 radical (unpaired) electrons. The Labute approximate surface area is 125 Å². The average Bonchev–Trinajstić information content (AvgIpc) is 2.37. The zero-order valence-electron chi connectivity index (χ0n) is 12.4. The number of nitrogens with zero attached hydrogens (tertiary/aromatic N) is 3. The first-order valence-electron chi connectivity index (χ1n) is 6.93. The first kappa shape index (κ1) is 14.8. The summed E-state index contributed by atoms with van der Waals surface area (Å²) in [6, 6.07) is 2.23. The molecule has 0 N–H and O–H groups in total. The van der Waals surface area contributed by atoms with Crippen molar-refractivity contribution in [2.24, 2.45) is 0 Å². The van der Waals surface area contributed by atoms with Crippen LogP contribution in [0, 0.1) is 6.92 Å². The number of piperazine rings is 1. The second-order valence-electron chi connectivity index (χ2n) is 6.26. The fraction of sp³-hybridized carbons (Fsp3) is 0.667. The van der Waals surface area contributed by atoms with Crippen LogP contribution < -0.4 is 4.90 Å². The zero-order valence-corrected chi connectivity index (χ0v) is 14.0. The van der Waals surface area contributed by atoms with Crippen molar-refractivity contribution in [3.63, 3.8) is 0 Å². The van der Waals surface area contributed by atoms with Gasteiger partial charge in [0.05, 0.1) is 0 Å². The summed E-state index contributed by atoms with van der Waals surface area (Å²) in [7, 11) is 0. The van der Waals surface area contributed by atoms with Crippen LogP contribution in [0.4, 0.5) is 5.82 Å². The minimum Gasteiger partial charge on any atom is -0.354 e. The Morgan fingerprint density at radius 3 is 2.32 bits per heavy atom. The van der Waals surface area contributed by atoms with Crippen LogP contribution in [0.5, 0.6) is 0 Å². The van der Waals surface area contributed by atoms with Crippen molar-refractivity contribution < 1.29 is 0 Å². The first-order valence-corrected chi connectivity index (χ1v) is 8.05. The van der Waals surface area contributed by atoms with E-state index in [0.717, 1.165) is 37.3 Å². The number of hydrogen-bond donors (Lipinski definition) is 0. The highest BCUT2D eigenvalue weighted by atomic mass is 79.9. The molecular formula is C15H24BrN3. The van der Waals surface area contributed by atoms with Crippen molar-refractivity contribution in [1.82, 2.24) is 9.88 Å². The van der Waals surface area contributed by atoms with E-state index in [9.17, 15) is 0 Å². The number of rotatable bonds is 2. The van der Waals surface area contributed by atoms with Gasteiger partial charge in [0.15, 0.2) is 0 Å². The lowest BCUT2D eigenvalue weighted by atomic mass is 10.0. The topological polar surface area (TPSA) is 19.4 Å². The van der Waals surface area contributed by atoms with Gasteiger partial charge in [0.1, 0.15) is 5.82 Å². The van der Waals surface area contributed by atoms with Crippen LogP contribution >= 0.6 is 15.9 Å². The maximum absolute atomic E-state index is 4.64. The van der Waals surface area contributed by atoms with Crippen LogP contribution in [0.15, 0.2) is 12.3 Å². The summed E-state index contributed by atoms with van der Waals surface area (Å²) in [6.07, 6.45) is 1.98. The second kappa shape index (κ2) is 5.80. The summed E-state index contributed by atoms with van der Waals surface area (Å²) >= 11 is 3.48. The highest BCUT2D eigenvalue weighted by Crippen LogP contribution is 2.23. The van der Waals surface area contributed by atoms with Gasteiger partial charge in [-0.3, -0.25) is 4.90 Å². The lowest BCUT2D eigenvalue weighted by Gasteiger charge is -2.42. The Bertz CT molecular complexity index is 432. The van der Waals surface area contributed by atoms with Gasteiger partial charge in [0.2, 0.25) is 0 Å². The van der Waals surface area contributed by atoms with E-state index in [0.29, 0.717) is 0 Å². The molecule has 1 saturated heterocycles. The predicted octanol–water partition coefficient (Wildman–Crippen LogP) is 3.21. The normalized spacial score (nSPS) is 17.8. The van der Waals surface area contributed by atoms with Gasteiger partial charge >= 0.3 is 0 Å². The molecule has 4 heteroatoms. The van der Waals surface area contributed by atoms with Crippen molar-refractivity contribution in [1.29, 1.82) is 0 Å². The van der Waals surface area contributed by atoms with E-state index in [-0.39, 0.29) is 5.54 Å². The summed E-state index contributed by atoms with van der Waals surface area (Å²) in [5.74, 6) is 1.15. The molecule has 1 fully saturated rings. The molecule has 0 aromatic carbocycles. The molecular weight excluding hydrogens is 302 g/mol. The summed E-state index contributed by atoms with van der Waals surface area (Å²) in [6.45, 7) is 13.4. The van der Waals surface area contributed by atoms with Crippen LogP contribution in [0.1, 0.15) is 31.9 Å². The number of pyridine rings is 1. The van der Waals surface area contributed by atoms with Crippen molar-refractivity contribution in [3.05, 3.63) is 23.4 Å². The molecule has 1 aromatic heterocycles. The lowest BCUT2D eigenvalue weighted by Crippen LogP contribution is -2.53. The minimum absolute atomic E-state index is 0.272. The van der Waals surface area contributed by atoms with Crippen molar-refractivity contribution >= 4 is 21.7 Å². The maximum atomic E-state index is 4.64. The first-order chi connectivity index (χ1) is 8.91. The molecule has 106 valence electrons. The summed E-state index contributed by atoms with van der Waals surface area (Å²) in [5, 5.41) is 0.874. The molecule has 1 aliphatic rings. The molecule has 1 aliphatic heterocycles. The van der Waals surface area contributed by atoms with Crippen LogP contribution in [-0.2, 0) is 5.33 Å². The minimum atomic E-state index is 0.272. The Hall–Kier alpha value is -0.610. The summed E-state index contributed by atoms with van der Waals surface area (Å²) in [4.78, 5) is 9.60. The van der Waals surface area contributed by atoms with Crippen molar-refractivity contribution in [2.45, 2.75) is 38.6 Å². The van der Waals surface area contributed by atoms with Gasteiger partial charge < -0.3 is 4.90 Å². The Balaban J connectivity index is 2.06. The summed E-state index contributed by atoms with van der Waals surface area (Å²) in [5.41, 5.74) is 2.80. The molecule has 19 heavy (non-hydrogen) atoms. The van der Waals surface area contributed by atoms with Gasteiger partial charge in [0.25, 0.3) is 0 Å². The standard InChI is InChI=1S/C15H24BrN3/c1-12-9-13(10-16)11-17-14(12)18-5-7-19(8-6-18)15(2,3)4/h9,11H,5-8,10H2,1-4H3. The van der Waals surface area contributed by atoms with Gasteiger partial charge in [-0.1, -0.05) is 22.0 Å². The molecule has 1 aromatic rings. The van der Waals surface area contributed by atoms with E-state index >= 15 is 0 Å². The SMILES string of the molecule is Cc1cc(CBr)cnc1N1CCN(C(C)(C)C)CC1. The Morgan fingerprint density at radius 1 is 1.21 bits per heavy atom. The number of aryl methyl sites for hydroxylation is 1. The molecule has 0 saturated carbocycles. The van der Waals surface area contributed by atoms with Gasteiger partial charge in [0, 0.05) is 43.2 Å². The van der Waals surface area contributed by atoms with E-state index in [1.54, 1.807) is 0 Å². The summed E-state index contributed by atoms with van der Waals surface area (Å²) < 4.78 is 0. The fourth-order valence-electron chi connectivity index (χ4n) is 2.62. The van der Waals surface area contributed by atoms with Crippen molar-refractivity contribution in [3.8, 4) is 0 Å². The van der Waals surface area contributed by atoms with E-state index in [1.165, 1.54) is 11.1 Å². The fourth-order valence-corrected chi connectivity index (χ4v) is 2.93. The highest BCUT2D eigenvalue weighted by molar-refractivity contribution is 9.08. The second-order valence-corrected chi connectivity index (χ2v) is 6.82. The van der Waals surface area contributed by atoms with Gasteiger partial charge in [-0.25, -0.2) is 4.98 Å². The molecule has 0 bridgehead atoms. The maximum Gasteiger partial charge on any atom is 0.131 e. The molecule has 0 amide bonds. The van der Waals surface area contributed by atoms with Crippen LogP contribution in [-0.4, -0.2) is 41.6 Å². The smallest absolute Gasteiger partial charge is 0.131 e. The predicted molar refractivity (Wildman–Crippen MR) is 85.1 cm³/mol. The van der Waals surface area contributed by atoms with E-state index in [4.69, 9.17) is 0 Å². The average molecular weight is 326 g/mol. The van der Waals surface area contributed by atoms with Crippen LogP contribution in [0.3, 0.4) is 0 Å². The lowest BCUT2D eigenvalue weighted by molar-refractivity contribution is 0.128. The van der Waals surface area contributed by atoms with Crippen LogP contribution in [0.25, 0.3) is 0 Å². The largest absolute Gasteiger partial charge is 0.354 e. The highest BCUT2D eigenvalue weighted by Gasteiger charge is 2.26. The van der Waals surface area contributed by atoms with Crippen molar-refractivity contribution in [2.75, 3.05) is 31.1 Å². The van der Waals surface area contributed by atoms with E-state index in [2.05, 4.69) is 64.5 Å².